The molecule has 6 aromatic rings. The molecule has 5 heterocycles. The van der Waals surface area contributed by atoms with Crippen LogP contribution < -0.4 is 15.4 Å². The molecule has 0 bridgehead atoms. The van der Waals surface area contributed by atoms with Crippen molar-refractivity contribution in [1.82, 2.24) is 35.3 Å². The molecular formula is C52H55N9O7S2. The number of thiazole rings is 1. The molecule has 5 atom stereocenters. The van der Waals surface area contributed by atoms with Crippen molar-refractivity contribution >= 4 is 52.1 Å². The Labute approximate surface area is 414 Å². The second-order valence-electron chi connectivity index (χ2n) is 18.7. The highest BCUT2D eigenvalue weighted by atomic mass is 32.1. The van der Waals surface area contributed by atoms with Gasteiger partial charge in [-0.05, 0) is 86.1 Å². The van der Waals surface area contributed by atoms with Crippen LogP contribution in [0.1, 0.15) is 103 Å². The molecular weight excluding hydrogens is 927 g/mol. The van der Waals surface area contributed by atoms with Gasteiger partial charge in [0.25, 0.3) is 5.91 Å². The number of fused-ring (bicyclic) bond motifs is 3. The Kier molecular flexibility index (Phi) is 14.2. The van der Waals surface area contributed by atoms with E-state index in [0.29, 0.717) is 28.5 Å². The first-order chi connectivity index (χ1) is 33.4. The Morgan fingerprint density at radius 1 is 0.957 bits per heavy atom. The summed E-state index contributed by atoms with van der Waals surface area (Å²) in [5.74, 6) is -0.386. The number of β-amino-alcohol motifs (C(OH)–C–C–N with tert-alkyl or cyclic N) is 1. The summed E-state index contributed by atoms with van der Waals surface area (Å²) in [5.41, 5.74) is 9.10. The smallest absolute Gasteiger partial charge is 0.308 e. The molecule has 1 saturated heterocycles. The van der Waals surface area contributed by atoms with E-state index in [-0.39, 0.29) is 31.2 Å². The zero-order valence-corrected chi connectivity index (χ0v) is 42.1. The number of aliphatic hydroxyl groups excluding tert-OH is 1. The van der Waals surface area contributed by atoms with Gasteiger partial charge in [0.05, 0.1) is 59.1 Å². The molecule has 0 aliphatic carbocycles. The van der Waals surface area contributed by atoms with Crippen molar-refractivity contribution in [3.05, 3.63) is 122 Å². The second-order valence-corrected chi connectivity index (χ2v) is 20.8. The number of nitrogens with one attached hydrogen (secondary N) is 2. The summed E-state index contributed by atoms with van der Waals surface area (Å²) in [6.45, 7) is 14.7. The fourth-order valence-electron chi connectivity index (χ4n) is 8.90. The minimum absolute atomic E-state index is 0.0175. The van der Waals surface area contributed by atoms with E-state index in [4.69, 9.17) is 14.5 Å². The van der Waals surface area contributed by atoms with Crippen molar-refractivity contribution in [3.63, 3.8) is 0 Å². The Morgan fingerprint density at radius 3 is 2.31 bits per heavy atom. The number of aliphatic imine (C=N–C) groups is 1. The van der Waals surface area contributed by atoms with Crippen LogP contribution in [-0.4, -0.2) is 97.6 Å². The quantitative estimate of drug-likeness (QED) is 0.0968. The van der Waals surface area contributed by atoms with Crippen LogP contribution in [0.15, 0.2) is 77.2 Å². The summed E-state index contributed by atoms with van der Waals surface area (Å²) in [4.78, 5) is 67.2. The van der Waals surface area contributed by atoms with Crippen LogP contribution in [0.2, 0.25) is 0 Å². The fourth-order valence-corrected chi connectivity index (χ4v) is 10.9. The van der Waals surface area contributed by atoms with Crippen LogP contribution in [0.3, 0.4) is 0 Å². The molecule has 3 aromatic heterocycles. The number of amides is 3. The molecule has 0 unspecified atom stereocenters. The van der Waals surface area contributed by atoms with Gasteiger partial charge in [0, 0.05) is 29.0 Å². The largest absolute Gasteiger partial charge is 0.484 e. The summed E-state index contributed by atoms with van der Waals surface area (Å²) in [7, 11) is 1.35. The molecule has 0 spiro atoms. The van der Waals surface area contributed by atoms with Crippen LogP contribution in [0.4, 0.5) is 0 Å². The third-order valence-corrected chi connectivity index (χ3v) is 15.0. The molecule has 2 aliphatic rings. The number of thiophene rings is 1. The van der Waals surface area contributed by atoms with Gasteiger partial charge in [-0.2, -0.15) is 5.26 Å². The number of nitrogens with zero attached hydrogens (tertiary/aromatic N) is 7. The molecule has 18 heteroatoms. The molecule has 3 N–H and O–H groups in total. The Hall–Kier alpha value is -7.07. The van der Waals surface area contributed by atoms with E-state index in [1.165, 1.54) is 12.0 Å². The fraction of sp³-hybridized carbons (Fsp3) is 0.365. The number of aryl methyl sites for hydroxylation is 3. The maximum atomic E-state index is 14.3. The average Bonchev–Trinajstić information content (AvgIpc) is 4.11. The summed E-state index contributed by atoms with van der Waals surface area (Å²) < 4.78 is 12.9. The number of rotatable bonds is 13. The topological polar surface area (TPSA) is 214 Å². The summed E-state index contributed by atoms with van der Waals surface area (Å²) >= 11 is 3.18. The Balaban J connectivity index is 0.935. The molecule has 3 amide bonds. The number of hydrogen-bond donors (Lipinski definition) is 3. The maximum absolute atomic E-state index is 14.3. The summed E-state index contributed by atoms with van der Waals surface area (Å²) in [6.07, 6.45) is -0.888. The predicted molar refractivity (Wildman–Crippen MR) is 267 cm³/mol. The van der Waals surface area contributed by atoms with Gasteiger partial charge in [0.15, 0.2) is 12.4 Å². The highest BCUT2D eigenvalue weighted by Crippen LogP contribution is 2.40. The normalized spacial score (nSPS) is 17.3. The van der Waals surface area contributed by atoms with Gasteiger partial charge in [-0.1, -0.05) is 69.3 Å². The third-order valence-electron chi connectivity index (χ3n) is 12.8. The van der Waals surface area contributed by atoms with Crippen molar-refractivity contribution < 1.29 is 33.8 Å². The molecule has 16 nitrogen and oxygen atoms in total. The van der Waals surface area contributed by atoms with Crippen LogP contribution in [0.25, 0.3) is 26.6 Å². The first kappa shape index (κ1) is 49.4. The van der Waals surface area contributed by atoms with Crippen LogP contribution in [-0.2, 0) is 23.9 Å². The van der Waals surface area contributed by atoms with Gasteiger partial charge in [-0.25, -0.2) is 4.98 Å². The van der Waals surface area contributed by atoms with Crippen LogP contribution in [0.5, 0.6) is 5.75 Å². The lowest BCUT2D eigenvalue weighted by atomic mass is 9.85. The second kappa shape index (κ2) is 20.1. The molecule has 2 aliphatic heterocycles. The van der Waals surface area contributed by atoms with Gasteiger partial charge < -0.3 is 30.1 Å². The predicted octanol–water partition coefficient (Wildman–Crippen LogP) is 7.43. The van der Waals surface area contributed by atoms with Crippen molar-refractivity contribution in [3.8, 4) is 38.4 Å². The van der Waals surface area contributed by atoms with Gasteiger partial charge >= 0.3 is 5.97 Å². The monoisotopic (exact) mass is 981 g/mol. The van der Waals surface area contributed by atoms with E-state index in [2.05, 4.69) is 45.7 Å². The standard InChI is InChI=1S/C52H55N9O7S2/c1-27-30(4)70-51-44(27)45(56-40(22-43(64)67-9)48-59-58-31(5)61(48)51)34-14-12-33(13-15-34)39-19-18-38(20-36(39)23-53)68-25-42(63)57-47(52(6,7)8)50(66)60-24-37(62)21-41(60)49(65)55-28(2)32-10-16-35(17-11-32)46-29(3)54-26-69-46/h10-20,26,28,37,40-41,47,62H,21-22,24-25H2,1-9H3,(H,55,65)(H,57,63)/t28-,37+,40-,41-,47+/m0/s1. The zero-order chi connectivity index (χ0) is 50.2. The minimum atomic E-state index is -1.06. The Morgan fingerprint density at radius 2 is 1.66 bits per heavy atom. The third kappa shape index (κ3) is 10.0. The first-order valence-electron chi connectivity index (χ1n) is 22.9. The van der Waals surface area contributed by atoms with Crippen molar-refractivity contribution in [1.29, 1.82) is 5.26 Å². The van der Waals surface area contributed by atoms with Crippen LogP contribution in [0, 0.1) is 44.4 Å². The van der Waals surface area contributed by atoms with E-state index < -0.39 is 59.9 Å². The van der Waals surface area contributed by atoms with Crippen molar-refractivity contribution in [2.75, 3.05) is 20.3 Å². The maximum Gasteiger partial charge on any atom is 0.308 e. The van der Waals surface area contributed by atoms with Gasteiger partial charge in [0.2, 0.25) is 11.8 Å². The first-order valence-corrected chi connectivity index (χ1v) is 24.6. The highest BCUT2D eigenvalue weighted by Gasteiger charge is 2.45. The average molecular weight is 982 g/mol. The number of nitriles is 1. The van der Waals surface area contributed by atoms with Gasteiger partial charge in [0.1, 0.15) is 34.7 Å². The number of carbonyl (C=O) groups excluding carboxylic acids is 4. The molecule has 70 heavy (non-hydrogen) atoms. The number of benzene rings is 3. The molecule has 0 radical (unpaired) electrons. The number of carbonyl (C=O) groups is 4. The number of aliphatic hydroxyl groups is 1. The Bertz CT molecular complexity index is 3050. The number of hydrogen-bond acceptors (Lipinski definition) is 14. The molecule has 0 saturated carbocycles. The minimum Gasteiger partial charge on any atom is -0.484 e. The van der Waals surface area contributed by atoms with E-state index in [1.807, 2.05) is 100 Å². The molecule has 1 fully saturated rings. The number of ether oxygens (including phenoxy) is 2. The van der Waals surface area contributed by atoms with E-state index in [9.17, 15) is 29.5 Å². The number of likely N-dealkylation sites (tertiary alicyclic amines) is 1. The number of esters is 1. The van der Waals surface area contributed by atoms with E-state index >= 15 is 0 Å². The lowest BCUT2D eigenvalue weighted by Gasteiger charge is -2.35. The zero-order valence-electron chi connectivity index (χ0n) is 40.5. The van der Waals surface area contributed by atoms with Crippen molar-refractivity contribution in [2.45, 2.75) is 98.5 Å². The summed E-state index contributed by atoms with van der Waals surface area (Å²) in [5, 5.41) is 36.5. The molecule has 8 rings (SSSR count). The van der Waals surface area contributed by atoms with Crippen LogP contribution >= 0.6 is 22.7 Å². The number of aromatic nitrogens is 4. The van der Waals surface area contributed by atoms with Crippen molar-refractivity contribution in [2.24, 2.45) is 10.4 Å². The lowest BCUT2D eigenvalue weighted by Crippen LogP contribution is -2.58. The van der Waals surface area contributed by atoms with Gasteiger partial charge in [-0.3, -0.25) is 28.7 Å². The molecule has 3 aromatic carbocycles. The highest BCUT2D eigenvalue weighted by molar-refractivity contribution is 7.15. The number of methoxy groups -OCH3 is 1. The van der Waals surface area contributed by atoms with E-state index in [1.54, 1.807) is 40.9 Å². The SMILES string of the molecule is COC(=O)C[C@@H]1N=C(c2ccc(-c3ccc(OCC(=O)N[C@H](C(=O)N4C[C@H](O)C[C@H]4C(=O)N[C@@H](C)c4ccc(-c5scnc5C)cc4)C(C)(C)C)cc3C#N)cc2)c2c(sc(C)c2C)-n2c(C)nnc21. The van der Waals surface area contributed by atoms with E-state index in [0.717, 1.165) is 53.8 Å². The summed E-state index contributed by atoms with van der Waals surface area (Å²) in [6, 6.07) is 19.8. The lowest BCUT2D eigenvalue weighted by molar-refractivity contribution is -0.144. The van der Waals surface area contributed by atoms with Gasteiger partial charge in [-0.15, -0.1) is 32.9 Å². The molecule has 362 valence electrons.